The molecule has 0 amide bonds. The van der Waals surface area contributed by atoms with Crippen molar-refractivity contribution in [2.24, 2.45) is 5.92 Å². The molecule has 0 fully saturated rings. The van der Waals surface area contributed by atoms with Gasteiger partial charge in [-0.3, -0.25) is 0 Å². The van der Waals surface area contributed by atoms with Crippen LogP contribution in [0.1, 0.15) is 33.3 Å². The number of rotatable bonds is 5. The summed E-state index contributed by atoms with van der Waals surface area (Å²) in [7, 11) is 0. The summed E-state index contributed by atoms with van der Waals surface area (Å²) in [4.78, 5) is 0. The fourth-order valence-electron chi connectivity index (χ4n) is 1.50. The Balaban J connectivity index is 2.42. The monoisotopic (exact) mass is 253 g/mol. The van der Waals surface area contributed by atoms with Crippen molar-refractivity contribution in [1.29, 1.82) is 0 Å². The lowest BCUT2D eigenvalue weighted by Gasteiger charge is -2.23. The summed E-state index contributed by atoms with van der Waals surface area (Å²) in [5.41, 5.74) is 1.08. The van der Waals surface area contributed by atoms with E-state index < -0.39 is 0 Å². The second-order valence-electron chi connectivity index (χ2n) is 5.96. The molecule has 1 atom stereocenters. The van der Waals surface area contributed by atoms with Gasteiger partial charge in [0.15, 0.2) is 0 Å². The highest BCUT2D eigenvalue weighted by molar-refractivity contribution is 5.32. The summed E-state index contributed by atoms with van der Waals surface area (Å²) in [6.07, 6.45) is 0. The predicted molar refractivity (Wildman–Crippen MR) is 73.6 cm³/mol. The Morgan fingerprint density at radius 1 is 1.33 bits per heavy atom. The minimum Gasteiger partial charge on any atom is -0.493 e. The standard InChI is InChI=1S/C15H24FNO/c1-11(9-17-15(3,4)5)10-18-14-8-13(16)7-6-12(14)2/h6-8,11,17H,9-10H2,1-5H3. The average Bonchev–Trinajstić information content (AvgIpc) is 2.26. The van der Waals surface area contributed by atoms with Crippen molar-refractivity contribution in [1.82, 2.24) is 5.32 Å². The third-order valence-corrected chi connectivity index (χ3v) is 2.65. The van der Waals surface area contributed by atoms with E-state index in [1.165, 1.54) is 12.1 Å². The van der Waals surface area contributed by atoms with Crippen LogP contribution >= 0.6 is 0 Å². The second-order valence-corrected chi connectivity index (χ2v) is 5.96. The van der Waals surface area contributed by atoms with E-state index in [1.54, 1.807) is 6.07 Å². The maximum Gasteiger partial charge on any atom is 0.126 e. The lowest BCUT2D eigenvalue weighted by Crippen LogP contribution is -2.39. The van der Waals surface area contributed by atoms with Crippen LogP contribution in [0.25, 0.3) is 0 Å². The first-order chi connectivity index (χ1) is 8.28. The molecule has 0 bridgehead atoms. The number of nitrogens with one attached hydrogen (secondary N) is 1. The highest BCUT2D eigenvalue weighted by Gasteiger charge is 2.12. The first kappa shape index (κ1) is 15.0. The molecular weight excluding hydrogens is 229 g/mol. The Hall–Kier alpha value is -1.09. The highest BCUT2D eigenvalue weighted by Crippen LogP contribution is 2.19. The van der Waals surface area contributed by atoms with Gasteiger partial charge in [0.25, 0.3) is 0 Å². The average molecular weight is 253 g/mol. The molecule has 18 heavy (non-hydrogen) atoms. The van der Waals surface area contributed by atoms with Gasteiger partial charge in [-0.1, -0.05) is 13.0 Å². The van der Waals surface area contributed by atoms with Gasteiger partial charge >= 0.3 is 0 Å². The molecule has 0 saturated carbocycles. The molecule has 0 aliphatic heterocycles. The summed E-state index contributed by atoms with van der Waals surface area (Å²) in [6, 6.07) is 4.63. The smallest absolute Gasteiger partial charge is 0.126 e. The summed E-state index contributed by atoms with van der Waals surface area (Å²) in [5, 5.41) is 3.43. The lowest BCUT2D eigenvalue weighted by molar-refractivity contribution is 0.242. The van der Waals surface area contributed by atoms with E-state index in [4.69, 9.17) is 4.74 Å². The molecule has 1 unspecified atom stereocenters. The van der Waals surface area contributed by atoms with Gasteiger partial charge in [0.05, 0.1) is 6.61 Å². The summed E-state index contributed by atoms with van der Waals surface area (Å²) < 4.78 is 18.7. The van der Waals surface area contributed by atoms with Gasteiger partial charge in [-0.2, -0.15) is 0 Å². The first-order valence-electron chi connectivity index (χ1n) is 6.42. The van der Waals surface area contributed by atoms with E-state index in [-0.39, 0.29) is 11.4 Å². The van der Waals surface area contributed by atoms with E-state index in [2.05, 4.69) is 33.0 Å². The molecule has 102 valence electrons. The molecule has 2 nitrogen and oxygen atoms in total. The van der Waals surface area contributed by atoms with Gasteiger partial charge in [0.1, 0.15) is 11.6 Å². The quantitative estimate of drug-likeness (QED) is 0.866. The number of hydrogen-bond acceptors (Lipinski definition) is 2. The Bertz CT molecular complexity index is 385. The SMILES string of the molecule is Cc1ccc(F)cc1OCC(C)CNC(C)(C)C. The van der Waals surface area contributed by atoms with Gasteiger partial charge in [-0.15, -0.1) is 0 Å². The molecule has 3 heteroatoms. The zero-order valence-corrected chi connectivity index (χ0v) is 12.0. The minimum atomic E-state index is -0.254. The zero-order valence-electron chi connectivity index (χ0n) is 12.0. The molecule has 1 N–H and O–H groups in total. The molecule has 1 aromatic rings. The maximum absolute atomic E-state index is 13.1. The van der Waals surface area contributed by atoms with E-state index in [0.717, 1.165) is 12.1 Å². The van der Waals surface area contributed by atoms with Crippen molar-refractivity contribution in [2.45, 2.75) is 40.2 Å². The van der Waals surface area contributed by atoms with Crippen molar-refractivity contribution in [3.63, 3.8) is 0 Å². The molecule has 0 radical (unpaired) electrons. The van der Waals surface area contributed by atoms with E-state index >= 15 is 0 Å². The molecule has 0 aliphatic carbocycles. The fourth-order valence-corrected chi connectivity index (χ4v) is 1.50. The minimum absolute atomic E-state index is 0.114. The largest absolute Gasteiger partial charge is 0.493 e. The molecule has 0 aromatic heterocycles. The molecule has 0 aliphatic rings. The first-order valence-corrected chi connectivity index (χ1v) is 6.42. The number of benzene rings is 1. The Morgan fingerprint density at radius 3 is 2.61 bits per heavy atom. The van der Waals surface area contributed by atoms with Crippen LogP contribution in [0, 0.1) is 18.7 Å². The van der Waals surface area contributed by atoms with Crippen LogP contribution in [0.4, 0.5) is 4.39 Å². The topological polar surface area (TPSA) is 21.3 Å². The van der Waals surface area contributed by atoms with Crippen LogP contribution < -0.4 is 10.1 Å². The molecule has 0 heterocycles. The summed E-state index contributed by atoms with van der Waals surface area (Å²) in [5.74, 6) is 0.764. The number of aryl methyl sites for hydroxylation is 1. The van der Waals surface area contributed by atoms with Crippen LogP contribution in [0.15, 0.2) is 18.2 Å². The third kappa shape index (κ3) is 5.50. The molecule has 0 saturated heterocycles. The van der Waals surface area contributed by atoms with E-state index in [9.17, 15) is 4.39 Å². The van der Waals surface area contributed by atoms with Gasteiger partial charge < -0.3 is 10.1 Å². The third-order valence-electron chi connectivity index (χ3n) is 2.65. The predicted octanol–water partition coefficient (Wildman–Crippen LogP) is 3.54. The Morgan fingerprint density at radius 2 is 2.00 bits per heavy atom. The lowest BCUT2D eigenvalue weighted by atomic mass is 10.1. The van der Waals surface area contributed by atoms with Crippen LogP contribution in [0.5, 0.6) is 5.75 Å². The Labute approximate surface area is 110 Å². The van der Waals surface area contributed by atoms with Crippen LogP contribution in [-0.4, -0.2) is 18.7 Å². The van der Waals surface area contributed by atoms with Gasteiger partial charge in [-0.25, -0.2) is 4.39 Å². The Kier molecular flexibility index (Phi) is 5.15. The highest BCUT2D eigenvalue weighted by atomic mass is 19.1. The molecular formula is C15H24FNO. The molecule has 1 aromatic carbocycles. The second kappa shape index (κ2) is 6.19. The van der Waals surface area contributed by atoms with Crippen molar-refractivity contribution >= 4 is 0 Å². The fraction of sp³-hybridized carbons (Fsp3) is 0.600. The molecule has 1 rings (SSSR count). The normalized spacial score (nSPS) is 13.4. The van der Waals surface area contributed by atoms with Crippen molar-refractivity contribution in [2.75, 3.05) is 13.2 Å². The van der Waals surface area contributed by atoms with E-state index in [1.807, 2.05) is 6.92 Å². The number of ether oxygens (including phenoxy) is 1. The summed E-state index contributed by atoms with van der Waals surface area (Å²) >= 11 is 0. The van der Waals surface area contributed by atoms with Crippen LogP contribution in [0.2, 0.25) is 0 Å². The number of halogens is 1. The maximum atomic E-state index is 13.1. The van der Waals surface area contributed by atoms with Crippen LogP contribution in [0.3, 0.4) is 0 Å². The van der Waals surface area contributed by atoms with Crippen molar-refractivity contribution in [3.8, 4) is 5.75 Å². The van der Waals surface area contributed by atoms with E-state index in [0.29, 0.717) is 18.3 Å². The van der Waals surface area contributed by atoms with Gasteiger partial charge in [0, 0.05) is 24.1 Å². The zero-order chi connectivity index (χ0) is 13.8. The van der Waals surface area contributed by atoms with Crippen molar-refractivity contribution < 1.29 is 9.13 Å². The summed E-state index contributed by atoms with van der Waals surface area (Å²) in [6.45, 7) is 11.9. The van der Waals surface area contributed by atoms with Gasteiger partial charge in [0.2, 0.25) is 0 Å². The number of hydrogen-bond donors (Lipinski definition) is 1. The van der Waals surface area contributed by atoms with Gasteiger partial charge in [-0.05, 0) is 39.3 Å². The van der Waals surface area contributed by atoms with Crippen molar-refractivity contribution in [3.05, 3.63) is 29.6 Å². The molecule has 0 spiro atoms. The van der Waals surface area contributed by atoms with Crippen LogP contribution in [-0.2, 0) is 0 Å².